The van der Waals surface area contributed by atoms with Gasteiger partial charge in [0, 0.05) is 12.5 Å². The van der Waals surface area contributed by atoms with Gasteiger partial charge in [0.15, 0.2) is 0 Å². The van der Waals surface area contributed by atoms with E-state index in [-0.39, 0.29) is 41.8 Å². The zero-order chi connectivity index (χ0) is 13.0. The van der Waals surface area contributed by atoms with Gasteiger partial charge in [-0.3, -0.25) is 14.5 Å². The van der Waals surface area contributed by atoms with Crippen molar-refractivity contribution in [2.45, 2.75) is 32.5 Å². The van der Waals surface area contributed by atoms with Crippen molar-refractivity contribution in [1.82, 2.24) is 4.90 Å². The van der Waals surface area contributed by atoms with E-state index in [2.05, 4.69) is 20.4 Å². The number of hydrogen-bond acceptors (Lipinski definition) is 3. The number of epoxide rings is 1. The van der Waals surface area contributed by atoms with Crippen LogP contribution in [0.2, 0.25) is 0 Å². The highest BCUT2D eigenvalue weighted by molar-refractivity contribution is 6.05. The molecule has 1 saturated carbocycles. The predicted molar refractivity (Wildman–Crippen MR) is 65.5 cm³/mol. The number of ether oxygens (including phenoxy) is 1. The van der Waals surface area contributed by atoms with E-state index in [9.17, 15) is 9.59 Å². The summed E-state index contributed by atoms with van der Waals surface area (Å²) in [5.74, 6) is 0.199. The lowest BCUT2D eigenvalue weighted by Gasteiger charge is -2.30. The molecule has 3 rings (SSSR count). The van der Waals surface area contributed by atoms with Crippen molar-refractivity contribution in [3.05, 3.63) is 12.7 Å². The fraction of sp³-hybridized carbons (Fsp3) is 0.714. The van der Waals surface area contributed by atoms with E-state index >= 15 is 0 Å². The van der Waals surface area contributed by atoms with Crippen molar-refractivity contribution in [3.63, 3.8) is 0 Å². The molecule has 3 aliphatic rings. The first kappa shape index (κ1) is 11.9. The van der Waals surface area contributed by atoms with Gasteiger partial charge in [-0.1, -0.05) is 19.9 Å². The van der Waals surface area contributed by atoms with Crippen LogP contribution in [0.5, 0.6) is 0 Å². The Bertz CT molecular complexity index is 417. The Morgan fingerprint density at radius 1 is 1.44 bits per heavy atom. The quantitative estimate of drug-likeness (QED) is 0.429. The maximum absolute atomic E-state index is 12.4. The molecule has 98 valence electrons. The van der Waals surface area contributed by atoms with Crippen LogP contribution in [0.1, 0.15) is 20.3 Å². The molecule has 0 aromatic carbocycles. The summed E-state index contributed by atoms with van der Waals surface area (Å²) in [5, 5.41) is 0. The first-order chi connectivity index (χ1) is 8.56. The lowest BCUT2D eigenvalue weighted by atomic mass is 9.69. The fourth-order valence-electron chi connectivity index (χ4n) is 3.74. The SMILES string of the molecule is C=CCN1C(=O)C2CC3OC3C(C(C)C)C2C1=O. The van der Waals surface area contributed by atoms with Crippen LogP contribution < -0.4 is 0 Å². The zero-order valence-electron chi connectivity index (χ0n) is 10.8. The minimum Gasteiger partial charge on any atom is -0.369 e. The molecular weight excluding hydrogens is 230 g/mol. The molecule has 0 radical (unpaired) electrons. The van der Waals surface area contributed by atoms with Crippen molar-refractivity contribution in [3.8, 4) is 0 Å². The van der Waals surface area contributed by atoms with Gasteiger partial charge >= 0.3 is 0 Å². The highest BCUT2D eigenvalue weighted by Crippen LogP contribution is 2.52. The van der Waals surface area contributed by atoms with E-state index in [0.717, 1.165) is 6.42 Å². The smallest absolute Gasteiger partial charge is 0.233 e. The Labute approximate surface area is 107 Å². The van der Waals surface area contributed by atoms with E-state index in [4.69, 9.17) is 4.74 Å². The number of amides is 2. The Kier molecular flexibility index (Phi) is 2.59. The van der Waals surface area contributed by atoms with Crippen LogP contribution in [0.15, 0.2) is 12.7 Å². The molecule has 3 fully saturated rings. The monoisotopic (exact) mass is 249 g/mol. The molecule has 5 unspecified atom stereocenters. The first-order valence-corrected chi connectivity index (χ1v) is 6.67. The van der Waals surface area contributed by atoms with Crippen LogP contribution in [-0.4, -0.2) is 35.5 Å². The van der Waals surface area contributed by atoms with Gasteiger partial charge in [0.25, 0.3) is 0 Å². The Hall–Kier alpha value is -1.16. The molecule has 5 atom stereocenters. The van der Waals surface area contributed by atoms with E-state index in [1.165, 1.54) is 4.90 Å². The van der Waals surface area contributed by atoms with Crippen molar-refractivity contribution in [2.75, 3.05) is 6.54 Å². The van der Waals surface area contributed by atoms with Crippen molar-refractivity contribution < 1.29 is 14.3 Å². The Morgan fingerprint density at radius 2 is 2.17 bits per heavy atom. The number of fused-ring (bicyclic) bond motifs is 2. The topological polar surface area (TPSA) is 49.9 Å². The number of likely N-dealkylation sites (tertiary alicyclic amines) is 1. The third kappa shape index (κ3) is 1.48. The molecule has 2 amide bonds. The molecule has 2 heterocycles. The lowest BCUT2D eigenvalue weighted by molar-refractivity contribution is -0.139. The molecule has 18 heavy (non-hydrogen) atoms. The summed E-state index contributed by atoms with van der Waals surface area (Å²) in [7, 11) is 0. The average Bonchev–Trinajstić information content (AvgIpc) is 3.05. The summed E-state index contributed by atoms with van der Waals surface area (Å²) in [6, 6.07) is 0. The minimum atomic E-state index is -0.166. The maximum atomic E-state index is 12.4. The highest BCUT2D eigenvalue weighted by Gasteiger charge is 2.63. The molecule has 2 aliphatic heterocycles. The average molecular weight is 249 g/mol. The second-order valence-corrected chi connectivity index (χ2v) is 5.90. The summed E-state index contributed by atoms with van der Waals surface area (Å²) in [4.78, 5) is 26.1. The Morgan fingerprint density at radius 3 is 2.78 bits per heavy atom. The Balaban J connectivity index is 1.92. The maximum Gasteiger partial charge on any atom is 0.233 e. The second-order valence-electron chi connectivity index (χ2n) is 5.90. The van der Waals surface area contributed by atoms with Crippen LogP contribution in [-0.2, 0) is 14.3 Å². The molecule has 0 aromatic rings. The van der Waals surface area contributed by atoms with Crippen LogP contribution in [0.4, 0.5) is 0 Å². The summed E-state index contributed by atoms with van der Waals surface area (Å²) in [6.07, 6.45) is 2.75. The number of nitrogens with zero attached hydrogens (tertiary/aromatic N) is 1. The molecule has 0 bridgehead atoms. The zero-order valence-corrected chi connectivity index (χ0v) is 10.8. The summed E-state index contributed by atoms with van der Waals surface area (Å²) in [6.45, 7) is 8.18. The fourth-order valence-corrected chi connectivity index (χ4v) is 3.74. The second kappa shape index (κ2) is 3.92. The molecule has 0 aromatic heterocycles. The third-order valence-corrected chi connectivity index (χ3v) is 4.55. The van der Waals surface area contributed by atoms with Gasteiger partial charge < -0.3 is 4.74 Å². The van der Waals surface area contributed by atoms with Crippen molar-refractivity contribution in [2.24, 2.45) is 23.7 Å². The number of carbonyl (C=O) groups is 2. The summed E-state index contributed by atoms with van der Waals surface area (Å²) in [5.41, 5.74) is 0. The first-order valence-electron chi connectivity index (χ1n) is 6.67. The van der Waals surface area contributed by atoms with Gasteiger partial charge in [0.05, 0.1) is 24.0 Å². The minimum absolute atomic E-state index is 0.0162. The highest BCUT2D eigenvalue weighted by atomic mass is 16.6. The molecule has 0 spiro atoms. The molecule has 2 saturated heterocycles. The van der Waals surface area contributed by atoms with Gasteiger partial charge in [0.1, 0.15) is 0 Å². The summed E-state index contributed by atoms with van der Waals surface area (Å²) < 4.78 is 5.64. The van der Waals surface area contributed by atoms with Gasteiger partial charge in [-0.15, -0.1) is 6.58 Å². The largest absolute Gasteiger partial charge is 0.369 e. The number of rotatable bonds is 3. The van der Waals surface area contributed by atoms with Crippen LogP contribution in [0.3, 0.4) is 0 Å². The van der Waals surface area contributed by atoms with E-state index in [1.807, 2.05) is 0 Å². The van der Waals surface area contributed by atoms with Gasteiger partial charge in [-0.25, -0.2) is 0 Å². The molecule has 4 nitrogen and oxygen atoms in total. The van der Waals surface area contributed by atoms with Gasteiger partial charge in [-0.05, 0) is 12.3 Å². The van der Waals surface area contributed by atoms with E-state index < -0.39 is 0 Å². The number of imide groups is 1. The molecule has 4 heteroatoms. The van der Waals surface area contributed by atoms with Gasteiger partial charge in [-0.2, -0.15) is 0 Å². The van der Waals surface area contributed by atoms with Crippen LogP contribution >= 0.6 is 0 Å². The third-order valence-electron chi connectivity index (χ3n) is 4.55. The number of carbonyl (C=O) groups excluding carboxylic acids is 2. The normalized spacial score (nSPS) is 41.9. The molecule has 0 N–H and O–H groups in total. The van der Waals surface area contributed by atoms with Crippen LogP contribution in [0, 0.1) is 23.7 Å². The van der Waals surface area contributed by atoms with E-state index in [1.54, 1.807) is 6.08 Å². The lowest BCUT2D eigenvalue weighted by Crippen LogP contribution is -2.39. The van der Waals surface area contributed by atoms with Crippen molar-refractivity contribution in [1.29, 1.82) is 0 Å². The summed E-state index contributed by atoms with van der Waals surface area (Å²) >= 11 is 0. The standard InChI is InChI=1S/C14H19NO3/c1-4-5-15-13(16)8-6-9-12(18-9)10(7(2)3)11(8)14(15)17/h4,7-12H,1,5-6H2,2-3H3. The van der Waals surface area contributed by atoms with Crippen molar-refractivity contribution >= 4 is 11.8 Å². The van der Waals surface area contributed by atoms with E-state index in [0.29, 0.717) is 12.5 Å². The number of hydrogen-bond donors (Lipinski definition) is 0. The molecule has 1 aliphatic carbocycles. The predicted octanol–water partition coefficient (Wildman–Crippen LogP) is 1.22. The van der Waals surface area contributed by atoms with Gasteiger partial charge in [0.2, 0.25) is 11.8 Å². The molecular formula is C14H19NO3. The van der Waals surface area contributed by atoms with Crippen LogP contribution in [0.25, 0.3) is 0 Å².